The highest BCUT2D eigenvalue weighted by Gasteiger charge is 2.23. The van der Waals surface area contributed by atoms with Crippen LogP contribution in [0.5, 0.6) is 11.5 Å². The lowest BCUT2D eigenvalue weighted by molar-refractivity contribution is -0.385. The molecule has 1 aliphatic rings. The van der Waals surface area contributed by atoms with Crippen molar-refractivity contribution in [3.8, 4) is 11.5 Å². The maximum atomic E-state index is 11.9. The van der Waals surface area contributed by atoms with Gasteiger partial charge in [-0.1, -0.05) is 0 Å². The Bertz CT molecular complexity index is 765. The summed E-state index contributed by atoms with van der Waals surface area (Å²) in [6.45, 7) is 6.83. The molecule has 2 rings (SSSR count). The number of carbonyl (C=O) groups excluding carboxylic acids is 2. The number of nitro benzene ring substituents is 1. The Hall–Kier alpha value is -3.10. The third-order valence-electron chi connectivity index (χ3n) is 3.28. The molecule has 0 saturated heterocycles. The maximum absolute atomic E-state index is 11.9. The molecule has 1 aromatic rings. The zero-order valence-electron chi connectivity index (χ0n) is 14.9. The van der Waals surface area contributed by atoms with Gasteiger partial charge < -0.3 is 19.5 Å². The SMILES string of the molecule is C[C@@H](OC(=O)/C=C/c1cc2c(cc1[N+](=O)[O-])OCO2)C(=O)NC(C)(C)C. The number of hydrogen-bond donors (Lipinski definition) is 1. The quantitative estimate of drug-likeness (QED) is 0.368. The van der Waals surface area contributed by atoms with Crippen molar-refractivity contribution in [2.24, 2.45) is 0 Å². The Morgan fingerprint density at radius 3 is 2.50 bits per heavy atom. The number of benzene rings is 1. The van der Waals surface area contributed by atoms with E-state index in [9.17, 15) is 19.7 Å². The fourth-order valence-corrected chi connectivity index (χ4v) is 2.13. The van der Waals surface area contributed by atoms with Gasteiger partial charge in [0.2, 0.25) is 6.79 Å². The van der Waals surface area contributed by atoms with Crippen molar-refractivity contribution >= 4 is 23.6 Å². The largest absolute Gasteiger partial charge is 0.454 e. The molecule has 1 amide bonds. The van der Waals surface area contributed by atoms with E-state index >= 15 is 0 Å². The van der Waals surface area contributed by atoms with Crippen LogP contribution in [-0.4, -0.2) is 35.2 Å². The topological polar surface area (TPSA) is 117 Å². The summed E-state index contributed by atoms with van der Waals surface area (Å²) in [6.07, 6.45) is 1.25. The Morgan fingerprint density at radius 1 is 1.31 bits per heavy atom. The van der Waals surface area contributed by atoms with E-state index in [2.05, 4.69) is 5.32 Å². The van der Waals surface area contributed by atoms with Crippen LogP contribution in [0.2, 0.25) is 0 Å². The first-order valence-electron chi connectivity index (χ1n) is 7.85. The van der Waals surface area contributed by atoms with Crippen LogP contribution >= 0.6 is 0 Å². The molecule has 1 heterocycles. The molecule has 1 aromatic carbocycles. The van der Waals surface area contributed by atoms with Crippen molar-refractivity contribution in [3.05, 3.63) is 33.9 Å². The number of nitrogens with one attached hydrogen (secondary N) is 1. The van der Waals surface area contributed by atoms with E-state index in [0.29, 0.717) is 5.75 Å². The minimum atomic E-state index is -1.00. The van der Waals surface area contributed by atoms with Crippen molar-refractivity contribution in [2.75, 3.05) is 6.79 Å². The number of carbonyl (C=O) groups is 2. The van der Waals surface area contributed by atoms with Gasteiger partial charge in [-0.3, -0.25) is 14.9 Å². The van der Waals surface area contributed by atoms with Crippen molar-refractivity contribution in [1.82, 2.24) is 5.32 Å². The lowest BCUT2D eigenvalue weighted by Crippen LogP contribution is -2.46. The first kappa shape index (κ1) is 19.2. The predicted molar refractivity (Wildman–Crippen MR) is 91.7 cm³/mol. The van der Waals surface area contributed by atoms with E-state index in [1.54, 1.807) is 20.8 Å². The molecule has 0 radical (unpaired) electrons. The summed E-state index contributed by atoms with van der Waals surface area (Å²) in [7, 11) is 0. The summed E-state index contributed by atoms with van der Waals surface area (Å²) in [4.78, 5) is 34.4. The van der Waals surface area contributed by atoms with Gasteiger partial charge in [0.25, 0.3) is 11.6 Å². The van der Waals surface area contributed by atoms with E-state index in [4.69, 9.17) is 14.2 Å². The number of fused-ring (bicyclic) bond motifs is 1. The summed E-state index contributed by atoms with van der Waals surface area (Å²) in [6, 6.07) is 2.63. The van der Waals surface area contributed by atoms with Gasteiger partial charge in [0.1, 0.15) is 0 Å². The second kappa shape index (κ2) is 7.42. The molecule has 1 aliphatic heterocycles. The van der Waals surface area contributed by atoms with Crippen molar-refractivity contribution in [1.29, 1.82) is 0 Å². The predicted octanol–water partition coefficient (Wildman–Crippen LogP) is 2.18. The van der Waals surface area contributed by atoms with Crippen LogP contribution < -0.4 is 14.8 Å². The summed E-state index contributed by atoms with van der Waals surface area (Å²) >= 11 is 0. The smallest absolute Gasteiger partial charge is 0.331 e. The average Bonchev–Trinajstić information content (AvgIpc) is 2.97. The molecule has 0 saturated carbocycles. The van der Waals surface area contributed by atoms with Crippen LogP contribution in [0.1, 0.15) is 33.3 Å². The van der Waals surface area contributed by atoms with E-state index in [1.165, 1.54) is 25.1 Å². The number of nitro groups is 1. The number of rotatable bonds is 5. The number of hydrogen-bond acceptors (Lipinski definition) is 7. The maximum Gasteiger partial charge on any atom is 0.331 e. The van der Waals surface area contributed by atoms with E-state index < -0.39 is 28.4 Å². The second-order valence-electron chi connectivity index (χ2n) is 6.67. The van der Waals surface area contributed by atoms with E-state index in [-0.39, 0.29) is 23.8 Å². The molecular formula is C17H20N2O7. The third-order valence-corrected chi connectivity index (χ3v) is 3.28. The molecule has 0 aliphatic carbocycles. The van der Waals surface area contributed by atoms with Crippen LogP contribution in [0.25, 0.3) is 6.08 Å². The van der Waals surface area contributed by atoms with E-state index in [1.807, 2.05) is 0 Å². The zero-order valence-corrected chi connectivity index (χ0v) is 14.9. The fourth-order valence-electron chi connectivity index (χ4n) is 2.13. The second-order valence-corrected chi connectivity index (χ2v) is 6.67. The Labute approximate surface area is 150 Å². The van der Waals surface area contributed by atoms with Crippen LogP contribution in [0.15, 0.2) is 18.2 Å². The van der Waals surface area contributed by atoms with Crippen LogP contribution in [0.3, 0.4) is 0 Å². The first-order valence-corrected chi connectivity index (χ1v) is 7.85. The van der Waals surface area contributed by atoms with Gasteiger partial charge in [0.05, 0.1) is 16.6 Å². The van der Waals surface area contributed by atoms with Gasteiger partial charge in [-0.05, 0) is 39.8 Å². The van der Waals surface area contributed by atoms with Crippen LogP contribution in [0, 0.1) is 10.1 Å². The third kappa shape index (κ3) is 4.95. The van der Waals surface area contributed by atoms with Gasteiger partial charge in [-0.2, -0.15) is 0 Å². The molecular weight excluding hydrogens is 344 g/mol. The number of ether oxygens (including phenoxy) is 3. The highest BCUT2D eigenvalue weighted by Crippen LogP contribution is 2.38. The van der Waals surface area contributed by atoms with Gasteiger partial charge in [-0.15, -0.1) is 0 Å². The summed E-state index contributed by atoms with van der Waals surface area (Å²) in [5.41, 5.74) is -0.541. The summed E-state index contributed by atoms with van der Waals surface area (Å²) < 4.78 is 15.3. The lowest BCUT2D eigenvalue weighted by Gasteiger charge is -2.22. The minimum absolute atomic E-state index is 0.0257. The van der Waals surface area contributed by atoms with Crippen LogP contribution in [-0.2, 0) is 14.3 Å². The molecule has 0 unspecified atom stereocenters. The highest BCUT2D eigenvalue weighted by molar-refractivity contribution is 5.91. The number of amides is 1. The molecule has 140 valence electrons. The Morgan fingerprint density at radius 2 is 1.92 bits per heavy atom. The number of esters is 1. The minimum Gasteiger partial charge on any atom is -0.454 e. The average molecular weight is 364 g/mol. The van der Waals surface area contributed by atoms with Crippen molar-refractivity contribution in [2.45, 2.75) is 39.3 Å². The Balaban J connectivity index is 2.08. The van der Waals surface area contributed by atoms with Crippen molar-refractivity contribution in [3.63, 3.8) is 0 Å². The van der Waals surface area contributed by atoms with Gasteiger partial charge in [0, 0.05) is 11.6 Å². The molecule has 0 aromatic heterocycles. The molecule has 1 N–H and O–H groups in total. The standard InChI is InChI=1S/C17H20N2O7/c1-10(16(21)18-17(2,3)4)26-15(20)6-5-11-7-13-14(25-9-24-13)8-12(11)19(22)23/h5-8,10H,9H2,1-4H3,(H,18,21)/b6-5+/t10-/m1/s1. The lowest BCUT2D eigenvalue weighted by atomic mass is 10.1. The van der Waals surface area contributed by atoms with Gasteiger partial charge >= 0.3 is 5.97 Å². The highest BCUT2D eigenvalue weighted by atomic mass is 16.7. The fraction of sp³-hybridized carbons (Fsp3) is 0.412. The molecule has 0 spiro atoms. The van der Waals surface area contributed by atoms with Gasteiger partial charge in [-0.25, -0.2) is 4.79 Å². The molecule has 0 fully saturated rings. The number of nitrogens with zero attached hydrogens (tertiary/aromatic N) is 1. The van der Waals surface area contributed by atoms with Crippen LogP contribution in [0.4, 0.5) is 5.69 Å². The van der Waals surface area contributed by atoms with E-state index in [0.717, 1.165) is 6.08 Å². The zero-order chi connectivity index (χ0) is 19.5. The summed E-state index contributed by atoms with van der Waals surface area (Å²) in [5.74, 6) is -0.618. The monoisotopic (exact) mass is 364 g/mol. The molecule has 0 bridgehead atoms. The molecule has 26 heavy (non-hydrogen) atoms. The van der Waals surface area contributed by atoms with Gasteiger partial charge in [0.15, 0.2) is 17.6 Å². The molecule has 1 atom stereocenters. The Kier molecular flexibility index (Phi) is 5.49. The molecule has 9 nitrogen and oxygen atoms in total. The van der Waals surface area contributed by atoms with Crippen molar-refractivity contribution < 1.29 is 28.7 Å². The normalized spacial score (nSPS) is 14.2. The molecule has 9 heteroatoms. The summed E-state index contributed by atoms with van der Waals surface area (Å²) in [5, 5.41) is 13.9. The first-order chi connectivity index (χ1) is 12.1.